The molecule has 6 nitrogen and oxygen atoms in total. The lowest BCUT2D eigenvalue weighted by atomic mass is 10.1. The fourth-order valence-electron chi connectivity index (χ4n) is 2.27. The first-order valence-electron chi connectivity index (χ1n) is 7.02. The van der Waals surface area contributed by atoms with Gasteiger partial charge in [-0.15, -0.1) is 10.2 Å². The van der Waals surface area contributed by atoms with E-state index in [1.807, 2.05) is 18.2 Å². The Hall–Kier alpha value is -2.93. The Morgan fingerprint density at radius 1 is 0.875 bits per heavy atom. The lowest BCUT2D eigenvalue weighted by Gasteiger charge is -2.05. The molecule has 7 heteroatoms. The number of azo groups is 1. The fourth-order valence-corrected chi connectivity index (χ4v) is 2.91. The Balaban J connectivity index is 2.11. The molecule has 0 aliphatic carbocycles. The maximum Gasteiger partial charge on any atom is 0.175 e. The van der Waals surface area contributed by atoms with Crippen LogP contribution < -0.4 is 0 Å². The van der Waals surface area contributed by atoms with E-state index >= 15 is 0 Å². The predicted octanol–water partition coefficient (Wildman–Crippen LogP) is 4.07. The van der Waals surface area contributed by atoms with Crippen molar-refractivity contribution in [1.82, 2.24) is 0 Å². The molecule has 0 aliphatic rings. The first-order chi connectivity index (χ1) is 11.4. The number of rotatable bonds is 3. The van der Waals surface area contributed by atoms with Crippen LogP contribution in [0.4, 0.5) is 11.4 Å². The second-order valence-electron chi connectivity index (χ2n) is 5.28. The summed E-state index contributed by atoms with van der Waals surface area (Å²) in [7, 11) is -3.43. The minimum absolute atomic E-state index is 0.00487. The van der Waals surface area contributed by atoms with Crippen LogP contribution in [-0.2, 0) is 9.84 Å². The summed E-state index contributed by atoms with van der Waals surface area (Å²) in [6.07, 6.45) is 1.07. The molecule has 0 radical (unpaired) electrons. The zero-order valence-corrected chi connectivity index (χ0v) is 13.5. The van der Waals surface area contributed by atoms with Crippen molar-refractivity contribution in [2.45, 2.75) is 4.90 Å². The van der Waals surface area contributed by atoms with Crippen LogP contribution in [0.15, 0.2) is 69.7 Å². The number of hydrogen-bond acceptors (Lipinski definition) is 6. The Bertz CT molecular complexity index is 1060. The lowest BCUT2D eigenvalue weighted by Crippen LogP contribution is -1.95. The van der Waals surface area contributed by atoms with Crippen LogP contribution >= 0.6 is 0 Å². The summed E-state index contributed by atoms with van der Waals surface area (Å²) in [5, 5.41) is 29.4. The summed E-state index contributed by atoms with van der Waals surface area (Å²) in [6, 6.07) is 14.4. The van der Waals surface area contributed by atoms with Crippen molar-refractivity contribution in [2.75, 3.05) is 6.26 Å². The number of nitrogens with zero attached hydrogens (tertiary/aromatic N) is 2. The van der Waals surface area contributed by atoms with Gasteiger partial charge in [-0.2, -0.15) is 0 Å². The molecule has 3 aromatic carbocycles. The number of sulfone groups is 1. The standard InChI is InChI=1S/C17H14N2O4S/c1-24(22,23)12-7-9-15(20)14(10-12)18-19-17-13-5-3-2-4-11(13)6-8-16(17)21/h2-10,20-21H,1H3/b19-18+. The van der Waals surface area contributed by atoms with E-state index in [4.69, 9.17) is 0 Å². The Kier molecular flexibility index (Phi) is 3.94. The van der Waals surface area contributed by atoms with E-state index in [1.165, 1.54) is 24.3 Å². The third-order valence-electron chi connectivity index (χ3n) is 3.51. The first-order valence-corrected chi connectivity index (χ1v) is 8.91. The maximum absolute atomic E-state index is 11.6. The molecule has 0 spiro atoms. The van der Waals surface area contributed by atoms with Gasteiger partial charge in [0, 0.05) is 11.6 Å². The highest BCUT2D eigenvalue weighted by atomic mass is 32.2. The number of phenols is 2. The first kappa shape index (κ1) is 15.9. The minimum atomic E-state index is -3.43. The van der Waals surface area contributed by atoms with Gasteiger partial charge in [0.05, 0.1) is 4.90 Å². The van der Waals surface area contributed by atoms with Gasteiger partial charge in [-0.25, -0.2) is 8.42 Å². The van der Waals surface area contributed by atoms with Crippen LogP contribution in [0.1, 0.15) is 0 Å². The molecular formula is C17H14N2O4S. The number of aromatic hydroxyl groups is 2. The van der Waals surface area contributed by atoms with Crippen LogP contribution in [-0.4, -0.2) is 24.9 Å². The van der Waals surface area contributed by atoms with Crippen LogP contribution in [0, 0.1) is 0 Å². The second kappa shape index (κ2) is 5.93. The van der Waals surface area contributed by atoms with E-state index in [-0.39, 0.29) is 27.8 Å². The van der Waals surface area contributed by atoms with Crippen LogP contribution in [0.3, 0.4) is 0 Å². The van der Waals surface area contributed by atoms with E-state index in [9.17, 15) is 18.6 Å². The molecule has 0 heterocycles. The van der Waals surface area contributed by atoms with Crippen molar-refractivity contribution in [3.8, 4) is 11.5 Å². The van der Waals surface area contributed by atoms with E-state index in [0.29, 0.717) is 5.39 Å². The molecule has 0 fully saturated rings. The predicted molar refractivity (Wildman–Crippen MR) is 91.0 cm³/mol. The molecule has 0 aliphatic heterocycles. The molecule has 0 atom stereocenters. The van der Waals surface area contributed by atoms with Gasteiger partial charge in [-0.05, 0) is 29.7 Å². The number of hydrogen-bond donors (Lipinski definition) is 2. The van der Waals surface area contributed by atoms with Crippen molar-refractivity contribution in [1.29, 1.82) is 0 Å². The Morgan fingerprint density at radius 3 is 2.33 bits per heavy atom. The molecule has 2 N–H and O–H groups in total. The summed E-state index contributed by atoms with van der Waals surface area (Å²) >= 11 is 0. The average molecular weight is 342 g/mol. The van der Waals surface area contributed by atoms with Crippen molar-refractivity contribution in [3.05, 3.63) is 54.6 Å². The average Bonchev–Trinajstić information content (AvgIpc) is 2.54. The smallest absolute Gasteiger partial charge is 0.175 e. The maximum atomic E-state index is 11.6. The molecule has 3 aromatic rings. The summed E-state index contributed by atoms with van der Waals surface area (Å²) < 4.78 is 23.2. The second-order valence-corrected chi connectivity index (χ2v) is 7.29. The largest absolute Gasteiger partial charge is 0.506 e. The molecule has 0 aromatic heterocycles. The number of fused-ring (bicyclic) bond motifs is 1. The Labute approximate surface area is 138 Å². The normalized spacial score (nSPS) is 12.0. The van der Waals surface area contributed by atoms with Gasteiger partial charge in [-0.1, -0.05) is 30.3 Å². The van der Waals surface area contributed by atoms with E-state index in [0.717, 1.165) is 11.6 Å². The highest BCUT2D eigenvalue weighted by molar-refractivity contribution is 7.90. The fraction of sp³-hybridized carbons (Fsp3) is 0.0588. The lowest BCUT2D eigenvalue weighted by molar-refractivity contribution is 0.474. The van der Waals surface area contributed by atoms with Gasteiger partial charge in [0.1, 0.15) is 22.9 Å². The van der Waals surface area contributed by atoms with E-state index in [1.54, 1.807) is 12.1 Å². The zero-order chi connectivity index (χ0) is 17.3. The zero-order valence-electron chi connectivity index (χ0n) is 12.7. The van der Waals surface area contributed by atoms with Gasteiger partial charge in [-0.3, -0.25) is 0 Å². The molecule has 0 saturated heterocycles. The summed E-state index contributed by atoms with van der Waals surface area (Å²) in [6.45, 7) is 0. The van der Waals surface area contributed by atoms with Crippen LogP contribution in [0.2, 0.25) is 0 Å². The quantitative estimate of drug-likeness (QED) is 0.701. The van der Waals surface area contributed by atoms with Crippen molar-refractivity contribution >= 4 is 32.0 Å². The highest BCUT2D eigenvalue weighted by Gasteiger charge is 2.11. The summed E-state index contributed by atoms with van der Waals surface area (Å²) in [4.78, 5) is 0.0244. The van der Waals surface area contributed by atoms with Crippen molar-refractivity contribution in [3.63, 3.8) is 0 Å². The van der Waals surface area contributed by atoms with Gasteiger partial charge in [0.2, 0.25) is 0 Å². The van der Waals surface area contributed by atoms with Crippen LogP contribution in [0.25, 0.3) is 10.8 Å². The summed E-state index contributed by atoms with van der Waals surface area (Å²) in [5.74, 6) is -0.262. The minimum Gasteiger partial charge on any atom is -0.506 e. The van der Waals surface area contributed by atoms with E-state index < -0.39 is 9.84 Å². The molecule has 0 saturated carbocycles. The number of phenolic OH excluding ortho intramolecular Hbond substituents is 2. The van der Waals surface area contributed by atoms with Gasteiger partial charge >= 0.3 is 0 Å². The SMILES string of the molecule is CS(=O)(=O)c1ccc(O)c(/N=N/c2c(O)ccc3ccccc23)c1. The highest BCUT2D eigenvalue weighted by Crippen LogP contribution is 2.37. The van der Waals surface area contributed by atoms with Gasteiger partial charge in [0.25, 0.3) is 0 Å². The van der Waals surface area contributed by atoms with Crippen molar-refractivity contribution < 1.29 is 18.6 Å². The van der Waals surface area contributed by atoms with Gasteiger partial charge in [0.15, 0.2) is 9.84 Å². The molecule has 0 unspecified atom stereocenters. The topological polar surface area (TPSA) is 99.3 Å². The third-order valence-corrected chi connectivity index (χ3v) is 4.62. The van der Waals surface area contributed by atoms with E-state index in [2.05, 4.69) is 10.2 Å². The molecule has 0 amide bonds. The molecule has 0 bridgehead atoms. The Morgan fingerprint density at radius 2 is 1.58 bits per heavy atom. The van der Waals surface area contributed by atoms with Crippen molar-refractivity contribution in [2.24, 2.45) is 10.2 Å². The monoisotopic (exact) mass is 342 g/mol. The summed E-state index contributed by atoms with van der Waals surface area (Å²) in [5.41, 5.74) is 0.252. The third kappa shape index (κ3) is 3.07. The molecule has 24 heavy (non-hydrogen) atoms. The van der Waals surface area contributed by atoms with Gasteiger partial charge < -0.3 is 10.2 Å². The number of benzene rings is 3. The van der Waals surface area contributed by atoms with Crippen LogP contribution in [0.5, 0.6) is 11.5 Å². The molecule has 122 valence electrons. The molecular weight excluding hydrogens is 328 g/mol. The molecule has 3 rings (SSSR count).